The third kappa shape index (κ3) is 3.00. The van der Waals surface area contributed by atoms with Crippen molar-refractivity contribution in [3.63, 3.8) is 0 Å². The van der Waals surface area contributed by atoms with Gasteiger partial charge in [0, 0.05) is 6.04 Å². The first kappa shape index (κ1) is 16.6. The lowest BCUT2D eigenvalue weighted by Crippen LogP contribution is -2.50. The maximum absolute atomic E-state index is 12.2. The fraction of sp³-hybridized carbons (Fsp3) is 0.786. The Hall–Kier alpha value is -1.43. The molecule has 1 rings (SSSR count). The summed E-state index contributed by atoms with van der Waals surface area (Å²) < 4.78 is 0. The summed E-state index contributed by atoms with van der Waals surface area (Å²) in [6.45, 7) is 7.55. The van der Waals surface area contributed by atoms with Gasteiger partial charge in [-0.3, -0.25) is 19.6 Å². The molecule has 0 aromatic rings. The van der Waals surface area contributed by atoms with E-state index < -0.39 is 29.6 Å². The molecule has 1 aliphatic rings. The minimum atomic E-state index is -0.782. The van der Waals surface area contributed by atoms with Gasteiger partial charge in [-0.15, -0.1) is 0 Å². The van der Waals surface area contributed by atoms with Gasteiger partial charge in [-0.25, -0.2) is 5.48 Å². The highest BCUT2D eigenvalue weighted by Crippen LogP contribution is 2.31. The average Bonchev–Trinajstić information content (AvgIpc) is 2.62. The highest BCUT2D eigenvalue weighted by molar-refractivity contribution is 6.39. The van der Waals surface area contributed by atoms with Crippen molar-refractivity contribution in [3.05, 3.63) is 0 Å². The Balaban J connectivity index is 3.03. The predicted octanol–water partition coefficient (Wildman–Crippen LogP) is 1.12. The van der Waals surface area contributed by atoms with E-state index in [4.69, 9.17) is 5.21 Å². The highest BCUT2D eigenvalue weighted by Gasteiger charge is 2.49. The van der Waals surface area contributed by atoms with E-state index in [2.05, 4.69) is 0 Å². The molecule has 0 radical (unpaired) electrons. The first-order valence-electron chi connectivity index (χ1n) is 7.17. The van der Waals surface area contributed by atoms with E-state index >= 15 is 0 Å². The van der Waals surface area contributed by atoms with Gasteiger partial charge in [-0.2, -0.15) is 0 Å². The quantitative estimate of drug-likeness (QED) is 0.435. The number of carbonyl (C=O) groups excluding carboxylic acids is 3. The van der Waals surface area contributed by atoms with Crippen molar-refractivity contribution in [2.75, 3.05) is 0 Å². The van der Waals surface area contributed by atoms with Crippen molar-refractivity contribution >= 4 is 17.6 Å². The number of amides is 2. The van der Waals surface area contributed by atoms with Crippen molar-refractivity contribution in [1.29, 1.82) is 0 Å². The zero-order valence-electron chi connectivity index (χ0n) is 12.5. The monoisotopic (exact) mass is 284 g/mol. The molecule has 1 saturated heterocycles. The summed E-state index contributed by atoms with van der Waals surface area (Å²) in [5.74, 6) is -2.02. The van der Waals surface area contributed by atoms with E-state index in [1.54, 1.807) is 12.4 Å². The van der Waals surface area contributed by atoms with E-state index in [-0.39, 0.29) is 12.0 Å². The van der Waals surface area contributed by atoms with Gasteiger partial charge in [-0.05, 0) is 19.3 Å². The summed E-state index contributed by atoms with van der Waals surface area (Å²) in [7, 11) is 0. The minimum absolute atomic E-state index is 0.0375. The number of nitrogens with one attached hydrogen (secondary N) is 1. The molecule has 3 unspecified atom stereocenters. The Morgan fingerprint density at radius 3 is 2.40 bits per heavy atom. The molecular formula is C14H24N2O4. The zero-order valence-corrected chi connectivity index (χ0v) is 12.5. The summed E-state index contributed by atoms with van der Waals surface area (Å²) in [5, 5.41) is 8.86. The normalized spacial score (nSPS) is 24.4. The van der Waals surface area contributed by atoms with Crippen LogP contribution in [0.25, 0.3) is 0 Å². The molecule has 0 aromatic heterocycles. The van der Waals surface area contributed by atoms with Crippen LogP contribution in [0, 0.1) is 11.8 Å². The van der Waals surface area contributed by atoms with Gasteiger partial charge in [0.15, 0.2) is 0 Å². The van der Waals surface area contributed by atoms with Gasteiger partial charge >= 0.3 is 0 Å². The van der Waals surface area contributed by atoms with Crippen LogP contribution in [0.1, 0.15) is 47.0 Å². The molecule has 3 atom stereocenters. The second-order valence-electron chi connectivity index (χ2n) is 5.72. The summed E-state index contributed by atoms with van der Waals surface area (Å²) in [6.07, 6.45) is 2.05. The molecule has 0 bridgehead atoms. The Morgan fingerprint density at radius 1 is 1.40 bits per heavy atom. The smallest absolute Gasteiger partial charge is 0.291 e. The molecule has 2 amide bonds. The number of rotatable bonds is 6. The summed E-state index contributed by atoms with van der Waals surface area (Å²) in [5.41, 5.74) is 1.61. The van der Waals surface area contributed by atoms with Crippen LogP contribution in [0.5, 0.6) is 0 Å². The Kier molecular flexibility index (Phi) is 5.68. The Morgan fingerprint density at radius 2 is 2.00 bits per heavy atom. The lowest BCUT2D eigenvalue weighted by Gasteiger charge is -2.31. The maximum atomic E-state index is 12.2. The SMILES string of the molecule is CCCCC(C(=O)NO)N1C(=O)C(=O)C(C(C)C)C1C. The second-order valence-corrected chi connectivity index (χ2v) is 5.72. The molecular weight excluding hydrogens is 260 g/mol. The molecule has 0 saturated carbocycles. The molecule has 6 nitrogen and oxygen atoms in total. The van der Waals surface area contributed by atoms with Crippen LogP contribution in [0.15, 0.2) is 0 Å². The molecule has 6 heteroatoms. The topological polar surface area (TPSA) is 86.7 Å². The van der Waals surface area contributed by atoms with E-state index in [9.17, 15) is 14.4 Å². The fourth-order valence-electron chi connectivity index (χ4n) is 3.00. The number of nitrogens with zero attached hydrogens (tertiary/aromatic N) is 1. The number of ketones is 1. The Bertz CT molecular complexity index is 395. The average molecular weight is 284 g/mol. The van der Waals surface area contributed by atoms with Gasteiger partial charge in [-0.1, -0.05) is 33.6 Å². The predicted molar refractivity (Wildman–Crippen MR) is 72.9 cm³/mol. The molecule has 1 aliphatic heterocycles. The number of Topliss-reactive ketones (excluding diaryl/α,β-unsaturated/α-hetero) is 1. The molecule has 0 aliphatic carbocycles. The van der Waals surface area contributed by atoms with Crippen LogP contribution in [0.2, 0.25) is 0 Å². The molecule has 0 aromatic carbocycles. The van der Waals surface area contributed by atoms with Crippen LogP contribution in [0.3, 0.4) is 0 Å². The van der Waals surface area contributed by atoms with Crippen molar-refractivity contribution in [2.24, 2.45) is 11.8 Å². The van der Waals surface area contributed by atoms with Crippen LogP contribution in [-0.4, -0.2) is 39.8 Å². The first-order valence-corrected chi connectivity index (χ1v) is 7.17. The van der Waals surface area contributed by atoms with Crippen molar-refractivity contribution in [1.82, 2.24) is 10.4 Å². The van der Waals surface area contributed by atoms with E-state index in [0.29, 0.717) is 6.42 Å². The van der Waals surface area contributed by atoms with Gasteiger partial charge in [0.25, 0.3) is 11.8 Å². The largest absolute Gasteiger partial charge is 0.321 e. The van der Waals surface area contributed by atoms with Crippen molar-refractivity contribution in [3.8, 4) is 0 Å². The van der Waals surface area contributed by atoms with Crippen LogP contribution in [0.4, 0.5) is 0 Å². The second kappa shape index (κ2) is 6.83. The number of hydroxylamine groups is 1. The summed E-state index contributed by atoms with van der Waals surface area (Å²) in [4.78, 5) is 37.4. The number of hydrogen-bond donors (Lipinski definition) is 2. The van der Waals surface area contributed by atoms with Crippen molar-refractivity contribution < 1.29 is 19.6 Å². The van der Waals surface area contributed by atoms with Gasteiger partial charge < -0.3 is 4.90 Å². The van der Waals surface area contributed by atoms with E-state index in [1.165, 1.54) is 4.90 Å². The number of likely N-dealkylation sites (tertiary alicyclic amines) is 1. The van der Waals surface area contributed by atoms with Crippen LogP contribution >= 0.6 is 0 Å². The number of unbranched alkanes of at least 4 members (excludes halogenated alkanes) is 1. The Labute approximate surface area is 119 Å². The molecule has 1 heterocycles. The number of carbonyl (C=O) groups is 3. The summed E-state index contributed by atoms with van der Waals surface area (Å²) >= 11 is 0. The molecule has 2 N–H and O–H groups in total. The third-order valence-corrected chi connectivity index (χ3v) is 4.00. The summed E-state index contributed by atoms with van der Waals surface area (Å²) in [6, 6.07) is -1.11. The van der Waals surface area contributed by atoms with Crippen molar-refractivity contribution in [2.45, 2.75) is 59.0 Å². The standard InChI is InChI=1S/C14H24N2O4/c1-5-6-7-10(13(18)15-20)16-9(4)11(8(2)3)12(17)14(16)19/h8-11,20H,5-7H2,1-4H3,(H,15,18). The highest BCUT2D eigenvalue weighted by atomic mass is 16.5. The zero-order chi connectivity index (χ0) is 15.4. The first-order chi connectivity index (χ1) is 9.36. The van der Waals surface area contributed by atoms with Gasteiger partial charge in [0.1, 0.15) is 6.04 Å². The van der Waals surface area contributed by atoms with Crippen LogP contribution < -0.4 is 5.48 Å². The van der Waals surface area contributed by atoms with Gasteiger partial charge in [0.2, 0.25) is 5.78 Å². The number of hydrogen-bond acceptors (Lipinski definition) is 4. The fourth-order valence-corrected chi connectivity index (χ4v) is 3.00. The molecule has 1 fully saturated rings. The molecule has 20 heavy (non-hydrogen) atoms. The minimum Gasteiger partial charge on any atom is -0.321 e. The third-order valence-electron chi connectivity index (χ3n) is 4.00. The van der Waals surface area contributed by atoms with E-state index in [0.717, 1.165) is 12.8 Å². The molecule has 0 spiro atoms. The lowest BCUT2D eigenvalue weighted by molar-refractivity contribution is -0.147. The van der Waals surface area contributed by atoms with E-state index in [1.807, 2.05) is 20.8 Å². The molecule has 114 valence electrons. The van der Waals surface area contributed by atoms with Crippen LogP contribution in [-0.2, 0) is 14.4 Å². The lowest BCUT2D eigenvalue weighted by atomic mass is 9.88. The maximum Gasteiger partial charge on any atom is 0.291 e. The van der Waals surface area contributed by atoms with Gasteiger partial charge in [0.05, 0.1) is 5.92 Å².